The minimum atomic E-state index is -3.69. The average Bonchev–Trinajstić information content (AvgIpc) is 2.99. The van der Waals surface area contributed by atoms with Gasteiger partial charge in [-0.3, -0.25) is 9.59 Å². The van der Waals surface area contributed by atoms with Crippen LogP contribution in [0.3, 0.4) is 0 Å². The quantitative estimate of drug-likeness (QED) is 0.636. The van der Waals surface area contributed by atoms with Crippen molar-refractivity contribution >= 4 is 21.7 Å². The van der Waals surface area contributed by atoms with E-state index in [0.717, 1.165) is 19.1 Å². The van der Waals surface area contributed by atoms with Gasteiger partial charge in [-0.05, 0) is 37.5 Å². The number of hydrogen-bond acceptors (Lipinski definition) is 7. The standard InChI is InChI=1S/C20H31N3O6S/c1-4-8-29-17(24)11-16(30(3,26)27)23-15-12-20(6-9-28-10-7-20)13-21-19(25)18(15)14(5-2)22-23/h16H,4-13H2,1-3H3,(H,21,25). The lowest BCUT2D eigenvalue weighted by Gasteiger charge is -2.36. The maximum absolute atomic E-state index is 12.9. The van der Waals surface area contributed by atoms with Gasteiger partial charge in [0.1, 0.15) is 0 Å². The Hall–Kier alpha value is -1.94. The monoisotopic (exact) mass is 441 g/mol. The summed E-state index contributed by atoms with van der Waals surface area (Å²) in [6, 6.07) is 0. The highest BCUT2D eigenvalue weighted by molar-refractivity contribution is 7.90. The Morgan fingerprint density at radius 2 is 2.03 bits per heavy atom. The Bertz CT molecular complexity index is 902. The molecule has 30 heavy (non-hydrogen) atoms. The van der Waals surface area contributed by atoms with Crippen LogP contribution in [0.25, 0.3) is 0 Å². The van der Waals surface area contributed by atoms with Crippen LogP contribution in [0.1, 0.15) is 66.7 Å². The number of nitrogens with zero attached hydrogens (tertiary/aromatic N) is 2. The van der Waals surface area contributed by atoms with Gasteiger partial charge in [0.2, 0.25) is 0 Å². The molecule has 1 spiro atoms. The van der Waals surface area contributed by atoms with Crippen LogP contribution in [-0.2, 0) is 36.9 Å². The normalized spacial score (nSPS) is 19.6. The van der Waals surface area contributed by atoms with Gasteiger partial charge < -0.3 is 14.8 Å². The molecule has 1 unspecified atom stereocenters. The molecule has 3 rings (SSSR count). The summed E-state index contributed by atoms with van der Waals surface area (Å²) in [5.74, 6) is -0.828. The lowest BCUT2D eigenvalue weighted by molar-refractivity contribution is -0.144. The predicted molar refractivity (Wildman–Crippen MR) is 110 cm³/mol. The molecule has 10 heteroatoms. The molecule has 0 aromatic carbocycles. The van der Waals surface area contributed by atoms with Crippen molar-refractivity contribution in [2.45, 2.75) is 57.7 Å². The Balaban J connectivity index is 2.07. The van der Waals surface area contributed by atoms with E-state index >= 15 is 0 Å². The fraction of sp³-hybridized carbons (Fsp3) is 0.750. The highest BCUT2D eigenvalue weighted by Gasteiger charge is 2.42. The largest absolute Gasteiger partial charge is 0.466 e. The maximum atomic E-state index is 12.9. The SMILES string of the molecule is CCCOC(=O)CC(n1nc(CC)c2c1CC1(CCOCC1)CNC2=O)S(C)(=O)=O. The van der Waals surface area contributed by atoms with Crippen LogP contribution in [-0.4, -0.2) is 62.7 Å². The molecule has 0 radical (unpaired) electrons. The van der Waals surface area contributed by atoms with Crippen LogP contribution >= 0.6 is 0 Å². The van der Waals surface area contributed by atoms with Gasteiger partial charge in [-0.2, -0.15) is 5.10 Å². The molecule has 1 saturated heterocycles. The van der Waals surface area contributed by atoms with E-state index in [1.807, 2.05) is 13.8 Å². The Kier molecular flexibility index (Phi) is 6.86. The summed E-state index contributed by atoms with van der Waals surface area (Å²) in [6.45, 7) is 5.68. The zero-order chi connectivity index (χ0) is 21.9. The fourth-order valence-corrected chi connectivity index (χ4v) is 5.18. The van der Waals surface area contributed by atoms with E-state index in [9.17, 15) is 18.0 Å². The first-order chi connectivity index (χ1) is 14.2. The summed E-state index contributed by atoms with van der Waals surface area (Å²) in [5.41, 5.74) is 1.35. The van der Waals surface area contributed by atoms with Gasteiger partial charge in [0.15, 0.2) is 15.2 Å². The second-order valence-corrected chi connectivity index (χ2v) is 10.5. The van der Waals surface area contributed by atoms with Gasteiger partial charge in [0, 0.05) is 26.0 Å². The van der Waals surface area contributed by atoms with E-state index in [1.165, 1.54) is 4.68 Å². The number of carbonyl (C=O) groups excluding carboxylic acids is 2. The van der Waals surface area contributed by atoms with Crippen molar-refractivity contribution in [3.63, 3.8) is 0 Å². The number of carbonyl (C=O) groups is 2. The third kappa shape index (κ3) is 4.69. The van der Waals surface area contributed by atoms with Crippen molar-refractivity contribution < 1.29 is 27.5 Å². The number of aryl methyl sites for hydroxylation is 1. The van der Waals surface area contributed by atoms with Crippen LogP contribution in [0, 0.1) is 5.41 Å². The third-order valence-electron chi connectivity index (χ3n) is 5.94. The van der Waals surface area contributed by atoms with Crippen molar-refractivity contribution in [3.05, 3.63) is 17.0 Å². The van der Waals surface area contributed by atoms with Gasteiger partial charge in [0.25, 0.3) is 5.91 Å². The third-order valence-corrected chi connectivity index (χ3v) is 7.29. The van der Waals surface area contributed by atoms with Gasteiger partial charge >= 0.3 is 5.97 Å². The highest BCUT2D eigenvalue weighted by atomic mass is 32.2. The molecule has 1 amide bonds. The predicted octanol–water partition coefficient (Wildman–Crippen LogP) is 1.41. The molecule has 1 aromatic heterocycles. The van der Waals surface area contributed by atoms with E-state index in [2.05, 4.69) is 10.4 Å². The fourth-order valence-electron chi connectivity index (χ4n) is 4.21. The molecule has 1 N–H and O–H groups in total. The summed E-state index contributed by atoms with van der Waals surface area (Å²) in [4.78, 5) is 25.2. The van der Waals surface area contributed by atoms with Crippen molar-refractivity contribution in [2.75, 3.05) is 32.6 Å². The second-order valence-electron chi connectivity index (χ2n) is 8.25. The average molecular weight is 442 g/mol. The summed E-state index contributed by atoms with van der Waals surface area (Å²) in [6.07, 6.45) is 3.92. The van der Waals surface area contributed by atoms with Gasteiger partial charge in [-0.1, -0.05) is 13.8 Å². The number of ether oxygens (including phenoxy) is 2. The van der Waals surface area contributed by atoms with Gasteiger partial charge in [-0.25, -0.2) is 13.1 Å². The van der Waals surface area contributed by atoms with Crippen LogP contribution in [0.5, 0.6) is 0 Å². The smallest absolute Gasteiger partial charge is 0.309 e. The Labute approximate surface area is 177 Å². The van der Waals surface area contributed by atoms with E-state index < -0.39 is 21.2 Å². The number of nitrogens with one attached hydrogen (secondary N) is 1. The molecule has 0 saturated carbocycles. The molecule has 1 aromatic rings. The first-order valence-electron chi connectivity index (χ1n) is 10.5. The zero-order valence-corrected chi connectivity index (χ0v) is 18.7. The van der Waals surface area contributed by atoms with Gasteiger partial charge in [-0.15, -0.1) is 0 Å². The van der Waals surface area contributed by atoms with Crippen LogP contribution in [0.15, 0.2) is 0 Å². The van der Waals surface area contributed by atoms with E-state index in [4.69, 9.17) is 9.47 Å². The second kappa shape index (κ2) is 9.05. The summed E-state index contributed by atoms with van der Waals surface area (Å²) in [7, 11) is -3.69. The lowest BCUT2D eigenvalue weighted by Crippen LogP contribution is -2.41. The number of aromatic nitrogens is 2. The number of sulfone groups is 1. The summed E-state index contributed by atoms with van der Waals surface area (Å²) in [5, 5.41) is 6.32. The van der Waals surface area contributed by atoms with Crippen molar-refractivity contribution in [2.24, 2.45) is 5.41 Å². The molecule has 168 valence electrons. The molecule has 0 aliphatic carbocycles. The van der Waals surface area contributed by atoms with E-state index in [-0.39, 0.29) is 24.3 Å². The van der Waals surface area contributed by atoms with Crippen LogP contribution in [0.4, 0.5) is 0 Å². The summed E-state index contributed by atoms with van der Waals surface area (Å²) >= 11 is 0. The lowest BCUT2D eigenvalue weighted by atomic mass is 9.76. The molecule has 1 atom stereocenters. The molecule has 0 bridgehead atoms. The van der Waals surface area contributed by atoms with E-state index in [0.29, 0.717) is 56.0 Å². The highest BCUT2D eigenvalue weighted by Crippen LogP contribution is 2.38. The minimum Gasteiger partial charge on any atom is -0.466 e. The minimum absolute atomic E-state index is 0.216. The molecule has 1 fully saturated rings. The molecule has 9 nitrogen and oxygen atoms in total. The number of hydrogen-bond donors (Lipinski definition) is 1. The van der Waals surface area contributed by atoms with Gasteiger partial charge in [0.05, 0.1) is 30.0 Å². The van der Waals surface area contributed by atoms with E-state index in [1.54, 1.807) is 0 Å². The van der Waals surface area contributed by atoms with Crippen molar-refractivity contribution in [1.82, 2.24) is 15.1 Å². The number of rotatable bonds is 7. The number of esters is 1. The maximum Gasteiger partial charge on any atom is 0.309 e. The molecule has 2 aliphatic heterocycles. The van der Waals surface area contributed by atoms with Crippen molar-refractivity contribution in [3.8, 4) is 0 Å². The molecular weight excluding hydrogens is 410 g/mol. The first kappa shape index (κ1) is 22.7. The zero-order valence-electron chi connectivity index (χ0n) is 17.9. The number of amides is 1. The summed E-state index contributed by atoms with van der Waals surface area (Å²) < 4.78 is 37.4. The topological polar surface area (TPSA) is 117 Å². The molecule has 2 aliphatic rings. The molecular formula is C20H31N3O6S. The van der Waals surface area contributed by atoms with Crippen LogP contribution < -0.4 is 5.32 Å². The Morgan fingerprint density at radius 3 is 2.63 bits per heavy atom. The van der Waals surface area contributed by atoms with Crippen molar-refractivity contribution in [1.29, 1.82) is 0 Å². The van der Waals surface area contributed by atoms with Crippen LogP contribution in [0.2, 0.25) is 0 Å². The first-order valence-corrected chi connectivity index (χ1v) is 12.5. The molecule has 3 heterocycles. The number of fused-ring (bicyclic) bond motifs is 1. The Morgan fingerprint density at radius 1 is 1.33 bits per heavy atom.